The molecule has 1 saturated heterocycles. The van der Waals surface area contributed by atoms with Crippen molar-refractivity contribution < 1.29 is 23.5 Å². The van der Waals surface area contributed by atoms with Crippen molar-refractivity contribution >= 4 is 11.8 Å². The van der Waals surface area contributed by atoms with Crippen molar-refractivity contribution in [1.82, 2.24) is 10.2 Å². The summed E-state index contributed by atoms with van der Waals surface area (Å²) in [5.74, 6) is -2.37. The van der Waals surface area contributed by atoms with Crippen LogP contribution in [-0.4, -0.2) is 47.6 Å². The third-order valence-electron chi connectivity index (χ3n) is 4.18. The molecule has 0 spiro atoms. The van der Waals surface area contributed by atoms with Gasteiger partial charge in [0.2, 0.25) is 5.91 Å². The predicted octanol–water partition coefficient (Wildman–Crippen LogP) is 1.70. The first kappa shape index (κ1) is 18.3. The topological polar surface area (TPSA) is 69.6 Å². The van der Waals surface area contributed by atoms with E-state index in [0.717, 1.165) is 12.1 Å². The zero-order chi connectivity index (χ0) is 17.7. The van der Waals surface area contributed by atoms with E-state index in [-0.39, 0.29) is 17.4 Å². The van der Waals surface area contributed by atoms with Crippen molar-refractivity contribution in [2.24, 2.45) is 5.92 Å². The van der Waals surface area contributed by atoms with E-state index in [1.54, 1.807) is 6.92 Å². The zero-order valence-corrected chi connectivity index (χ0v) is 13.6. The predicted molar refractivity (Wildman–Crippen MR) is 84.3 cm³/mol. The van der Waals surface area contributed by atoms with E-state index in [9.17, 15) is 18.4 Å². The van der Waals surface area contributed by atoms with Crippen LogP contribution in [0.4, 0.5) is 8.78 Å². The lowest BCUT2D eigenvalue weighted by molar-refractivity contribution is -0.126. The second-order valence-electron chi connectivity index (χ2n) is 6.12. The van der Waals surface area contributed by atoms with Gasteiger partial charge in [-0.15, -0.1) is 0 Å². The standard InChI is InChI=1S/C17H22F2N2O3/c1-11(22)4-7-20-16(23)12-5-8-21(9-6-12)17(24)14-3-2-13(18)10-15(14)19/h2-3,10-12,22H,4-9H2,1H3,(H,20,23). The van der Waals surface area contributed by atoms with Gasteiger partial charge in [-0.05, 0) is 38.3 Å². The Kier molecular flexibility index (Phi) is 6.25. The third kappa shape index (κ3) is 4.74. The molecule has 1 aliphatic rings. The van der Waals surface area contributed by atoms with Crippen LogP contribution in [0.25, 0.3) is 0 Å². The van der Waals surface area contributed by atoms with Gasteiger partial charge in [0, 0.05) is 31.6 Å². The molecule has 2 amide bonds. The molecular weight excluding hydrogens is 318 g/mol. The summed E-state index contributed by atoms with van der Waals surface area (Å²) in [6.45, 7) is 2.77. The quantitative estimate of drug-likeness (QED) is 0.857. The number of likely N-dealkylation sites (tertiary alicyclic amines) is 1. The van der Waals surface area contributed by atoms with Gasteiger partial charge in [0.25, 0.3) is 5.91 Å². The SMILES string of the molecule is CC(O)CCNC(=O)C1CCN(C(=O)c2ccc(F)cc2F)CC1. The van der Waals surface area contributed by atoms with Crippen molar-refractivity contribution in [2.45, 2.75) is 32.3 Å². The molecule has 1 fully saturated rings. The number of piperidine rings is 1. The molecule has 132 valence electrons. The highest BCUT2D eigenvalue weighted by Gasteiger charge is 2.28. The first-order valence-corrected chi connectivity index (χ1v) is 8.08. The number of carbonyl (C=O) groups excluding carboxylic acids is 2. The van der Waals surface area contributed by atoms with Crippen LogP contribution in [0.15, 0.2) is 18.2 Å². The molecule has 0 aromatic heterocycles. The van der Waals surface area contributed by atoms with Gasteiger partial charge in [-0.1, -0.05) is 0 Å². The number of hydrogen-bond donors (Lipinski definition) is 2. The molecule has 5 nitrogen and oxygen atoms in total. The van der Waals surface area contributed by atoms with E-state index in [1.165, 1.54) is 4.90 Å². The highest BCUT2D eigenvalue weighted by atomic mass is 19.1. The van der Waals surface area contributed by atoms with E-state index in [4.69, 9.17) is 5.11 Å². The monoisotopic (exact) mass is 340 g/mol. The molecule has 1 heterocycles. The van der Waals surface area contributed by atoms with Crippen LogP contribution < -0.4 is 5.32 Å². The number of benzene rings is 1. The molecule has 24 heavy (non-hydrogen) atoms. The number of aliphatic hydroxyl groups is 1. The molecular formula is C17H22F2N2O3. The van der Waals surface area contributed by atoms with Crippen LogP contribution in [-0.2, 0) is 4.79 Å². The van der Waals surface area contributed by atoms with Gasteiger partial charge in [-0.3, -0.25) is 9.59 Å². The average Bonchev–Trinajstić information content (AvgIpc) is 2.54. The minimum Gasteiger partial charge on any atom is -0.393 e. The van der Waals surface area contributed by atoms with Gasteiger partial charge in [0.15, 0.2) is 0 Å². The number of halogens is 2. The first-order valence-electron chi connectivity index (χ1n) is 8.08. The molecule has 1 aromatic rings. The number of aliphatic hydroxyl groups excluding tert-OH is 1. The molecule has 7 heteroatoms. The van der Waals surface area contributed by atoms with E-state index in [0.29, 0.717) is 45.0 Å². The maximum absolute atomic E-state index is 13.7. The van der Waals surface area contributed by atoms with Crippen LogP contribution in [0.3, 0.4) is 0 Å². The van der Waals surface area contributed by atoms with Crippen LogP contribution in [0.1, 0.15) is 36.5 Å². The molecule has 1 atom stereocenters. The Morgan fingerprint density at radius 3 is 2.58 bits per heavy atom. The Bertz CT molecular complexity index is 599. The minimum atomic E-state index is -0.877. The van der Waals surface area contributed by atoms with Gasteiger partial charge >= 0.3 is 0 Å². The van der Waals surface area contributed by atoms with Crippen LogP contribution in [0.5, 0.6) is 0 Å². The van der Waals surface area contributed by atoms with Crippen molar-refractivity contribution in [1.29, 1.82) is 0 Å². The number of nitrogens with zero attached hydrogens (tertiary/aromatic N) is 1. The zero-order valence-electron chi connectivity index (χ0n) is 13.6. The second-order valence-corrected chi connectivity index (χ2v) is 6.12. The fourth-order valence-electron chi connectivity index (χ4n) is 2.73. The summed E-state index contributed by atoms with van der Waals surface area (Å²) in [6, 6.07) is 2.89. The Balaban J connectivity index is 1.85. The highest BCUT2D eigenvalue weighted by Crippen LogP contribution is 2.20. The largest absolute Gasteiger partial charge is 0.393 e. The maximum Gasteiger partial charge on any atom is 0.256 e. The number of hydrogen-bond acceptors (Lipinski definition) is 3. The Hall–Kier alpha value is -2.02. The van der Waals surface area contributed by atoms with Gasteiger partial charge in [-0.25, -0.2) is 8.78 Å². The van der Waals surface area contributed by atoms with E-state index in [2.05, 4.69) is 5.32 Å². The van der Waals surface area contributed by atoms with Crippen molar-refractivity contribution in [3.8, 4) is 0 Å². The Labute approximate surface area is 139 Å². The molecule has 0 saturated carbocycles. The average molecular weight is 340 g/mol. The van der Waals surface area contributed by atoms with Gasteiger partial charge in [-0.2, -0.15) is 0 Å². The molecule has 1 unspecified atom stereocenters. The summed E-state index contributed by atoms with van der Waals surface area (Å²) in [5.41, 5.74) is -0.156. The summed E-state index contributed by atoms with van der Waals surface area (Å²) >= 11 is 0. The number of nitrogens with one attached hydrogen (secondary N) is 1. The van der Waals surface area contributed by atoms with Gasteiger partial charge in [0.05, 0.1) is 11.7 Å². The number of carbonyl (C=O) groups is 2. The van der Waals surface area contributed by atoms with Gasteiger partial charge < -0.3 is 15.3 Å². The molecule has 0 radical (unpaired) electrons. The van der Waals surface area contributed by atoms with Crippen molar-refractivity contribution in [3.05, 3.63) is 35.4 Å². The number of rotatable bonds is 5. The van der Waals surface area contributed by atoms with Crippen molar-refractivity contribution in [2.75, 3.05) is 19.6 Å². The van der Waals surface area contributed by atoms with E-state index >= 15 is 0 Å². The molecule has 1 aliphatic heterocycles. The molecule has 2 rings (SSSR count). The lowest BCUT2D eigenvalue weighted by Crippen LogP contribution is -2.43. The van der Waals surface area contributed by atoms with E-state index < -0.39 is 23.6 Å². The third-order valence-corrected chi connectivity index (χ3v) is 4.18. The summed E-state index contributed by atoms with van der Waals surface area (Å²) in [6.07, 6.45) is 1.02. The summed E-state index contributed by atoms with van der Waals surface area (Å²) in [7, 11) is 0. The van der Waals surface area contributed by atoms with E-state index in [1.807, 2.05) is 0 Å². The summed E-state index contributed by atoms with van der Waals surface area (Å²) < 4.78 is 26.6. The molecule has 1 aromatic carbocycles. The molecule has 0 aliphatic carbocycles. The van der Waals surface area contributed by atoms with Gasteiger partial charge in [0.1, 0.15) is 11.6 Å². The van der Waals surface area contributed by atoms with Crippen LogP contribution in [0, 0.1) is 17.6 Å². The summed E-state index contributed by atoms with van der Waals surface area (Å²) in [5, 5.41) is 11.9. The fourth-order valence-corrected chi connectivity index (χ4v) is 2.73. The minimum absolute atomic E-state index is 0.0873. The van der Waals surface area contributed by atoms with Crippen molar-refractivity contribution in [3.63, 3.8) is 0 Å². The molecule has 0 bridgehead atoms. The Morgan fingerprint density at radius 1 is 1.33 bits per heavy atom. The lowest BCUT2D eigenvalue weighted by atomic mass is 9.95. The molecule has 2 N–H and O–H groups in total. The second kappa shape index (κ2) is 8.19. The smallest absolute Gasteiger partial charge is 0.256 e. The first-order chi connectivity index (χ1) is 11.4. The summed E-state index contributed by atoms with van der Waals surface area (Å²) in [4.78, 5) is 25.8. The highest BCUT2D eigenvalue weighted by molar-refractivity contribution is 5.94. The number of amides is 2. The van der Waals surface area contributed by atoms with Crippen LogP contribution >= 0.6 is 0 Å². The lowest BCUT2D eigenvalue weighted by Gasteiger charge is -2.31. The fraction of sp³-hybridized carbons (Fsp3) is 0.529. The Morgan fingerprint density at radius 2 is 2.00 bits per heavy atom. The normalized spacial score (nSPS) is 16.8. The maximum atomic E-state index is 13.7. The van der Waals surface area contributed by atoms with Crippen LogP contribution in [0.2, 0.25) is 0 Å².